The lowest BCUT2D eigenvalue weighted by atomic mass is 9.94. The number of nitrogens with two attached hydrogens (primary N) is 2. The predicted molar refractivity (Wildman–Crippen MR) is 293 cm³/mol. The van der Waals surface area contributed by atoms with Crippen LogP contribution in [0.2, 0.25) is 10.0 Å². The fraction of sp³-hybridized carbons (Fsp3) is 0.451. The number of imidazole rings is 2. The van der Waals surface area contributed by atoms with E-state index in [-0.39, 0.29) is 36.9 Å². The van der Waals surface area contributed by atoms with Crippen molar-refractivity contribution < 1.29 is 59.2 Å². The maximum absolute atomic E-state index is 12.5. The predicted octanol–water partition coefficient (Wildman–Crippen LogP) is 4.16. The Morgan fingerprint density at radius 1 is 0.679 bits per heavy atom. The third kappa shape index (κ3) is 13.8. The highest BCUT2D eigenvalue weighted by atomic mass is 127. The van der Waals surface area contributed by atoms with E-state index < -0.39 is 68.4 Å². The first-order valence-corrected chi connectivity index (χ1v) is 26.2. The maximum Gasteiger partial charge on any atom is 0.415 e. The number of aliphatic hydroxyl groups excluding tert-OH is 6. The van der Waals surface area contributed by atoms with E-state index in [1.165, 1.54) is 21.8 Å². The van der Waals surface area contributed by atoms with Crippen LogP contribution in [0.3, 0.4) is 0 Å². The Morgan fingerprint density at radius 2 is 1.12 bits per heavy atom. The Kier molecular flexibility index (Phi) is 20.7. The smallest absolute Gasteiger partial charge is 0.409 e. The molecule has 27 heteroatoms. The molecule has 0 aliphatic carbocycles. The molecule has 0 bridgehead atoms. The van der Waals surface area contributed by atoms with Crippen molar-refractivity contribution in [1.82, 2.24) is 48.8 Å². The number of nitrogen functional groups attached to an aromatic ring is 2. The fourth-order valence-corrected chi connectivity index (χ4v) is 9.79. The van der Waals surface area contributed by atoms with Gasteiger partial charge in [0.2, 0.25) is 5.82 Å². The van der Waals surface area contributed by atoms with Crippen LogP contribution in [0.5, 0.6) is 11.5 Å². The molecule has 8 heterocycles. The molecule has 4 aliphatic heterocycles. The van der Waals surface area contributed by atoms with Gasteiger partial charge in [0.05, 0.1) is 35.9 Å². The Bertz CT molecular complexity index is 3140. The van der Waals surface area contributed by atoms with E-state index in [0.717, 1.165) is 32.1 Å². The molecule has 4 aliphatic rings. The lowest BCUT2D eigenvalue weighted by molar-refractivity contribution is -0.0511. The third-order valence-electron chi connectivity index (χ3n) is 13.3. The molecule has 10 N–H and O–H groups in total. The van der Waals surface area contributed by atoms with Crippen molar-refractivity contribution >= 4 is 91.9 Å². The van der Waals surface area contributed by atoms with Gasteiger partial charge in [-0.2, -0.15) is 0 Å². The second kappa shape index (κ2) is 27.1. The fourth-order valence-electron chi connectivity index (χ4n) is 8.95. The van der Waals surface area contributed by atoms with E-state index in [4.69, 9.17) is 65.1 Å². The lowest BCUT2D eigenvalue weighted by Gasteiger charge is -2.30. The number of hydrogen-bond acceptors (Lipinski definition) is 20. The molecule has 2 unspecified atom stereocenters. The molecule has 0 spiro atoms. The number of piperidine rings is 2. The number of aliphatic hydroxyl groups is 6. The molecular formula is C51H59Cl2IN12O12. The number of anilines is 2. The molecule has 6 aromatic rings. The van der Waals surface area contributed by atoms with Crippen molar-refractivity contribution in [2.75, 3.05) is 50.9 Å². The van der Waals surface area contributed by atoms with Crippen LogP contribution in [-0.4, -0.2) is 168 Å². The Labute approximate surface area is 471 Å². The standard InChI is InChI=1S/C25H27ClN6O6.C15H16ClNO2.C10H12IN5O4.CH4/c26-15-5-1-2-6-16(15)38-25(36)31-10-8-14(9-11-31)4-3-7-18-29-22(27)19-23(30-18)32(13-28-19)24-21(35)20(34)17(12-33)37-24;1-2-5-12-8-10-17(11-9-12)15(18)19-14-7-4-3-6-13(14)16;11-10-14-7(12)4-8(15-10)16(2-13-4)9-6(19)5(18)3(1-17)20-9;/h1-2,5-6,13-14,17,20-21,24,33-35H,4,8-12H2,(H2,27,29,30);1,3-4,6-7,12H,5,8-11H2;2-3,5-6,9,17-19H,1H2,(H2,12,14,15);1H4/t17-,20?,21+,24-;;3-,5?,6+,9-;/m1.1./s1. The second-order valence-electron chi connectivity index (χ2n) is 18.3. The number of fused-ring (bicyclic) bond motifs is 2. The van der Waals surface area contributed by atoms with Crippen molar-refractivity contribution in [1.29, 1.82) is 0 Å². The van der Waals surface area contributed by atoms with Crippen LogP contribution in [0.15, 0.2) is 61.2 Å². The van der Waals surface area contributed by atoms with Gasteiger partial charge in [-0.3, -0.25) is 9.13 Å². The molecule has 0 radical (unpaired) electrons. The zero-order chi connectivity index (χ0) is 54.9. The van der Waals surface area contributed by atoms with Gasteiger partial charge in [-0.05, 0) is 67.7 Å². The van der Waals surface area contributed by atoms with Crippen LogP contribution in [-0.2, 0) is 9.47 Å². The highest BCUT2D eigenvalue weighted by molar-refractivity contribution is 14.1. The van der Waals surface area contributed by atoms with E-state index in [2.05, 4.69) is 47.7 Å². The molecule has 10 rings (SSSR count). The maximum atomic E-state index is 12.5. The molecule has 8 atom stereocenters. The zero-order valence-electron chi connectivity index (χ0n) is 41.0. The molecule has 416 valence electrons. The Hall–Kier alpha value is -6.21. The quantitative estimate of drug-likeness (QED) is 0.0602. The molecule has 4 saturated heterocycles. The van der Waals surface area contributed by atoms with Crippen molar-refractivity contribution in [3.05, 3.63) is 80.9 Å². The number of rotatable bonds is 8. The van der Waals surface area contributed by atoms with Crippen molar-refractivity contribution in [3.63, 3.8) is 0 Å². The number of terminal acetylenes is 1. The largest absolute Gasteiger partial charge is 0.415 e. The number of benzene rings is 2. The SMILES string of the molecule is C.C#CCC1CCN(C(=O)Oc2ccccc2Cl)CC1.Nc1nc(C#CCC2CCN(C(=O)Oc3ccccc3Cl)CC2)nc2c1ncn2[C@@H]1O[C@H](CO)C(O)[C@@H]1O.Nc1nc(I)nc2c1ncn2[C@@H]1O[C@H](CO)C(O)[C@@H]1O. The molecule has 78 heavy (non-hydrogen) atoms. The summed E-state index contributed by atoms with van der Waals surface area (Å²) in [5.74, 6) is 10.8. The molecule has 24 nitrogen and oxygen atoms in total. The van der Waals surface area contributed by atoms with E-state index >= 15 is 0 Å². The molecule has 4 aromatic heterocycles. The summed E-state index contributed by atoms with van der Waals surface area (Å²) >= 11 is 13.9. The van der Waals surface area contributed by atoms with Crippen molar-refractivity contribution in [2.45, 2.75) is 95.0 Å². The summed E-state index contributed by atoms with van der Waals surface area (Å²) in [6, 6.07) is 13.8. The summed E-state index contributed by atoms with van der Waals surface area (Å²) in [7, 11) is 0. The van der Waals surface area contributed by atoms with Gasteiger partial charge >= 0.3 is 12.2 Å². The number of aromatic nitrogens is 8. The summed E-state index contributed by atoms with van der Waals surface area (Å²) in [6.07, 6.45) is 3.50. The summed E-state index contributed by atoms with van der Waals surface area (Å²) in [4.78, 5) is 53.0. The second-order valence-corrected chi connectivity index (χ2v) is 20.1. The number of nitrogens with zero attached hydrogens (tertiary/aromatic N) is 10. The van der Waals surface area contributed by atoms with E-state index in [1.54, 1.807) is 58.3 Å². The Morgan fingerprint density at radius 3 is 1.55 bits per heavy atom. The number of carbonyl (C=O) groups is 2. The van der Waals surface area contributed by atoms with Gasteiger partial charge in [0.25, 0.3) is 0 Å². The number of carbonyl (C=O) groups excluding carboxylic acids is 2. The van der Waals surface area contributed by atoms with Crippen LogP contribution >= 0.6 is 45.8 Å². The van der Waals surface area contributed by atoms with Gasteiger partial charge < -0.3 is 70.9 Å². The third-order valence-corrected chi connectivity index (χ3v) is 14.4. The highest BCUT2D eigenvalue weighted by Gasteiger charge is 2.45. The van der Waals surface area contributed by atoms with Crippen LogP contribution in [0.25, 0.3) is 22.3 Å². The minimum atomic E-state index is -1.29. The Balaban J connectivity index is 0.000000186. The minimum absolute atomic E-state index is 0. The van der Waals surface area contributed by atoms with Gasteiger partial charge in [-0.1, -0.05) is 60.8 Å². The number of para-hydroxylation sites is 2. The molecule has 0 saturated carbocycles. The van der Waals surface area contributed by atoms with E-state index in [0.29, 0.717) is 86.2 Å². The minimum Gasteiger partial charge on any atom is -0.409 e. The molecule has 4 fully saturated rings. The molecular weight excluding hydrogens is 1170 g/mol. The van der Waals surface area contributed by atoms with E-state index in [9.17, 15) is 35.1 Å². The summed E-state index contributed by atoms with van der Waals surface area (Å²) in [6.45, 7) is 1.64. The van der Waals surface area contributed by atoms with Gasteiger partial charge in [0.1, 0.15) is 47.7 Å². The lowest BCUT2D eigenvalue weighted by Crippen LogP contribution is -2.40. The normalized spacial score (nSPS) is 23.2. The number of hydrogen-bond donors (Lipinski definition) is 8. The summed E-state index contributed by atoms with van der Waals surface area (Å²) < 4.78 is 25.1. The van der Waals surface area contributed by atoms with E-state index in [1.807, 2.05) is 22.6 Å². The van der Waals surface area contributed by atoms with Gasteiger partial charge in [0, 0.05) is 61.6 Å². The van der Waals surface area contributed by atoms with Crippen LogP contribution in [0, 0.1) is 39.9 Å². The van der Waals surface area contributed by atoms with Gasteiger partial charge in [0.15, 0.2) is 50.7 Å². The van der Waals surface area contributed by atoms with Crippen molar-refractivity contribution in [2.24, 2.45) is 11.8 Å². The van der Waals surface area contributed by atoms with Gasteiger partial charge in [-0.15, -0.1) is 12.3 Å². The zero-order valence-corrected chi connectivity index (χ0v) is 44.7. The first kappa shape index (κ1) is 59.5. The topological polar surface area (TPSA) is 338 Å². The highest BCUT2D eigenvalue weighted by Crippen LogP contribution is 2.34. The average Bonchev–Trinajstić information content (AvgIpc) is 4.33. The summed E-state index contributed by atoms with van der Waals surface area (Å²) in [5.41, 5.74) is 13.2. The number of likely N-dealkylation sites (tertiary alicyclic amines) is 2. The number of halogens is 3. The van der Waals surface area contributed by atoms with Crippen LogP contribution < -0.4 is 20.9 Å². The van der Waals surface area contributed by atoms with Crippen molar-refractivity contribution in [3.8, 4) is 35.7 Å². The van der Waals surface area contributed by atoms with Crippen LogP contribution in [0.1, 0.15) is 64.2 Å². The summed E-state index contributed by atoms with van der Waals surface area (Å²) in [5, 5.41) is 59.6. The number of ether oxygens (including phenoxy) is 4. The van der Waals surface area contributed by atoms with Crippen LogP contribution in [0.4, 0.5) is 21.2 Å². The first-order chi connectivity index (χ1) is 37.1. The molecule has 2 aromatic carbocycles. The van der Waals surface area contributed by atoms with Gasteiger partial charge in [-0.25, -0.2) is 39.5 Å². The first-order valence-electron chi connectivity index (χ1n) is 24.3. The number of amides is 2. The molecule has 2 amide bonds. The average molecular weight is 1230 g/mol. The monoisotopic (exact) mass is 1230 g/mol.